The number of rotatable bonds is 10. The molecule has 0 aliphatic rings. The van der Waals surface area contributed by atoms with E-state index in [4.69, 9.17) is 0 Å². The van der Waals surface area contributed by atoms with Crippen molar-refractivity contribution in [2.24, 2.45) is 0 Å². The third kappa shape index (κ3) is 7.09. The molecule has 0 aliphatic carbocycles. The first-order valence-corrected chi connectivity index (χ1v) is 10.8. The van der Waals surface area contributed by atoms with Crippen LogP contribution in [-0.4, -0.2) is 41.8 Å². The lowest BCUT2D eigenvalue weighted by Gasteiger charge is -2.16. The maximum Gasteiger partial charge on any atom is 0.257 e. The van der Waals surface area contributed by atoms with Crippen molar-refractivity contribution in [1.29, 1.82) is 0 Å². The Labute approximate surface area is 181 Å². The van der Waals surface area contributed by atoms with Crippen molar-refractivity contribution in [1.82, 2.24) is 15.2 Å². The van der Waals surface area contributed by atoms with Crippen LogP contribution in [0.3, 0.4) is 0 Å². The summed E-state index contributed by atoms with van der Waals surface area (Å²) >= 11 is 1.32. The van der Waals surface area contributed by atoms with Gasteiger partial charge in [0.25, 0.3) is 5.91 Å². The van der Waals surface area contributed by atoms with Gasteiger partial charge in [0.2, 0.25) is 5.91 Å². The second-order valence-corrected chi connectivity index (χ2v) is 7.93. The van der Waals surface area contributed by atoms with Crippen LogP contribution in [0.4, 0.5) is 5.13 Å². The fraction of sp³-hybridized carbons (Fsp3) is 0.261. The van der Waals surface area contributed by atoms with Crippen LogP contribution in [0.5, 0.6) is 0 Å². The number of benzene rings is 2. The highest BCUT2D eigenvalue weighted by molar-refractivity contribution is 7.14. The van der Waals surface area contributed by atoms with E-state index in [-0.39, 0.29) is 18.2 Å². The predicted molar refractivity (Wildman–Crippen MR) is 121 cm³/mol. The van der Waals surface area contributed by atoms with Crippen molar-refractivity contribution in [3.63, 3.8) is 0 Å². The predicted octanol–water partition coefficient (Wildman–Crippen LogP) is 3.58. The molecule has 3 rings (SSSR count). The summed E-state index contributed by atoms with van der Waals surface area (Å²) in [6.45, 7) is 2.42. The third-order valence-electron chi connectivity index (χ3n) is 4.48. The van der Waals surface area contributed by atoms with Crippen LogP contribution in [0.2, 0.25) is 0 Å². The smallest absolute Gasteiger partial charge is 0.257 e. The molecular weight excluding hydrogens is 396 g/mol. The lowest BCUT2D eigenvalue weighted by molar-refractivity contribution is -0.120. The van der Waals surface area contributed by atoms with Gasteiger partial charge in [-0.1, -0.05) is 48.5 Å². The third-order valence-corrected chi connectivity index (χ3v) is 5.29. The van der Waals surface area contributed by atoms with Gasteiger partial charge in [-0.3, -0.25) is 14.9 Å². The molecule has 0 radical (unpaired) electrons. The molecule has 30 heavy (non-hydrogen) atoms. The Morgan fingerprint density at radius 2 is 1.73 bits per heavy atom. The molecule has 0 saturated heterocycles. The number of aromatic nitrogens is 1. The van der Waals surface area contributed by atoms with Crippen LogP contribution in [-0.2, 0) is 17.8 Å². The van der Waals surface area contributed by atoms with Gasteiger partial charge in [-0.15, -0.1) is 11.3 Å². The fourth-order valence-corrected chi connectivity index (χ4v) is 3.69. The first kappa shape index (κ1) is 21.7. The Morgan fingerprint density at radius 3 is 2.47 bits per heavy atom. The van der Waals surface area contributed by atoms with E-state index in [1.807, 2.05) is 36.4 Å². The van der Waals surface area contributed by atoms with E-state index in [9.17, 15) is 9.59 Å². The van der Waals surface area contributed by atoms with E-state index < -0.39 is 0 Å². The molecule has 2 amide bonds. The molecule has 0 saturated carbocycles. The fourth-order valence-electron chi connectivity index (χ4n) is 2.98. The summed E-state index contributed by atoms with van der Waals surface area (Å²) in [5.41, 5.74) is 2.51. The summed E-state index contributed by atoms with van der Waals surface area (Å²) in [5, 5.41) is 8.00. The first-order valence-electron chi connectivity index (χ1n) is 9.90. The van der Waals surface area contributed by atoms with Crippen LogP contribution in [0, 0.1) is 0 Å². The van der Waals surface area contributed by atoms with Crippen LogP contribution < -0.4 is 10.6 Å². The van der Waals surface area contributed by atoms with Crippen LogP contribution in [0.25, 0.3) is 0 Å². The van der Waals surface area contributed by atoms with Crippen LogP contribution >= 0.6 is 11.3 Å². The molecule has 156 valence electrons. The number of nitrogens with zero attached hydrogens (tertiary/aromatic N) is 2. The normalized spacial score (nSPS) is 10.7. The van der Waals surface area contributed by atoms with E-state index >= 15 is 0 Å². The zero-order valence-corrected chi connectivity index (χ0v) is 17.8. The maximum atomic E-state index is 12.2. The van der Waals surface area contributed by atoms with Gasteiger partial charge in [-0.25, -0.2) is 4.98 Å². The largest absolute Gasteiger partial charge is 0.356 e. The minimum Gasteiger partial charge on any atom is -0.356 e. The number of amides is 2. The quantitative estimate of drug-likeness (QED) is 0.490. The number of thiazole rings is 1. The van der Waals surface area contributed by atoms with Gasteiger partial charge in [0.15, 0.2) is 5.13 Å². The average Bonchev–Trinajstić information content (AvgIpc) is 3.19. The SMILES string of the molecule is CN(CCCNC(=O)Cc1csc(NC(=O)c2ccccc2)n1)Cc1ccccc1. The molecular formula is C23H26N4O2S. The van der Waals surface area contributed by atoms with Crippen molar-refractivity contribution in [3.05, 3.63) is 82.9 Å². The Bertz CT molecular complexity index is 944. The second kappa shape index (κ2) is 11.2. The standard InChI is InChI=1S/C23H26N4O2S/c1-27(16-18-9-4-2-5-10-18)14-8-13-24-21(28)15-20-17-30-23(25-20)26-22(29)19-11-6-3-7-12-19/h2-7,9-12,17H,8,13-16H2,1H3,(H,24,28)(H,25,26,29). The minimum absolute atomic E-state index is 0.0630. The maximum absolute atomic E-state index is 12.2. The second-order valence-electron chi connectivity index (χ2n) is 7.07. The zero-order valence-electron chi connectivity index (χ0n) is 17.0. The average molecular weight is 423 g/mol. The van der Waals surface area contributed by atoms with Crippen molar-refractivity contribution in [2.75, 3.05) is 25.5 Å². The molecule has 1 heterocycles. The molecule has 0 bridgehead atoms. The molecule has 7 heteroatoms. The van der Waals surface area contributed by atoms with E-state index in [1.54, 1.807) is 17.5 Å². The summed E-state index contributed by atoms with van der Waals surface area (Å²) < 4.78 is 0. The Kier molecular flexibility index (Phi) is 8.11. The lowest BCUT2D eigenvalue weighted by Crippen LogP contribution is -2.29. The lowest BCUT2D eigenvalue weighted by atomic mass is 10.2. The molecule has 2 aromatic carbocycles. The number of carbonyl (C=O) groups excluding carboxylic acids is 2. The van der Waals surface area contributed by atoms with Crippen molar-refractivity contribution in [3.8, 4) is 0 Å². The first-order chi connectivity index (χ1) is 14.6. The van der Waals surface area contributed by atoms with Gasteiger partial charge in [0, 0.05) is 24.0 Å². The highest BCUT2D eigenvalue weighted by atomic mass is 32.1. The van der Waals surface area contributed by atoms with Crippen LogP contribution in [0.15, 0.2) is 66.0 Å². The number of hydrogen-bond donors (Lipinski definition) is 2. The minimum atomic E-state index is -0.208. The van der Waals surface area contributed by atoms with E-state index in [0.29, 0.717) is 22.9 Å². The molecule has 6 nitrogen and oxygen atoms in total. The molecule has 0 unspecified atom stereocenters. The zero-order chi connectivity index (χ0) is 21.2. The Hall–Kier alpha value is -3.03. The Morgan fingerprint density at radius 1 is 1.03 bits per heavy atom. The summed E-state index contributed by atoms with van der Waals surface area (Å²) in [4.78, 5) is 30.9. The van der Waals surface area contributed by atoms with Crippen molar-refractivity contribution >= 4 is 28.3 Å². The van der Waals surface area contributed by atoms with Crippen molar-refractivity contribution < 1.29 is 9.59 Å². The van der Waals surface area contributed by atoms with Gasteiger partial charge in [0.05, 0.1) is 12.1 Å². The van der Waals surface area contributed by atoms with Gasteiger partial charge < -0.3 is 10.2 Å². The molecule has 0 spiro atoms. The summed E-state index contributed by atoms with van der Waals surface area (Å²) in [7, 11) is 2.08. The Balaban J connectivity index is 1.35. The van der Waals surface area contributed by atoms with Crippen LogP contribution in [0.1, 0.15) is 28.0 Å². The topological polar surface area (TPSA) is 74.3 Å². The summed E-state index contributed by atoms with van der Waals surface area (Å²) in [5.74, 6) is -0.271. The van der Waals surface area contributed by atoms with Gasteiger partial charge in [-0.05, 0) is 37.7 Å². The monoisotopic (exact) mass is 422 g/mol. The number of anilines is 1. The van der Waals surface area contributed by atoms with E-state index in [0.717, 1.165) is 19.5 Å². The molecule has 1 aromatic heterocycles. The van der Waals surface area contributed by atoms with E-state index in [1.165, 1.54) is 16.9 Å². The van der Waals surface area contributed by atoms with Crippen molar-refractivity contribution in [2.45, 2.75) is 19.4 Å². The molecule has 3 aromatic rings. The molecule has 0 aliphatic heterocycles. The highest BCUT2D eigenvalue weighted by Crippen LogP contribution is 2.17. The molecule has 0 atom stereocenters. The molecule has 2 N–H and O–H groups in total. The van der Waals surface area contributed by atoms with Gasteiger partial charge in [-0.2, -0.15) is 0 Å². The molecule has 0 fully saturated rings. The van der Waals surface area contributed by atoms with Gasteiger partial charge >= 0.3 is 0 Å². The summed E-state index contributed by atoms with van der Waals surface area (Å²) in [6, 6.07) is 19.3. The van der Waals surface area contributed by atoms with E-state index in [2.05, 4.69) is 39.7 Å². The number of nitrogens with one attached hydrogen (secondary N) is 2. The highest BCUT2D eigenvalue weighted by Gasteiger charge is 2.11. The summed E-state index contributed by atoms with van der Waals surface area (Å²) in [6.07, 6.45) is 1.09. The number of carbonyl (C=O) groups is 2. The number of hydrogen-bond acceptors (Lipinski definition) is 5. The van der Waals surface area contributed by atoms with Gasteiger partial charge in [0.1, 0.15) is 0 Å².